The van der Waals surface area contributed by atoms with Crippen molar-refractivity contribution in [1.29, 1.82) is 0 Å². The highest BCUT2D eigenvalue weighted by Crippen LogP contribution is 2.26. The molecule has 1 aromatic heterocycles. The van der Waals surface area contributed by atoms with E-state index in [0.29, 0.717) is 23.7 Å². The summed E-state index contributed by atoms with van der Waals surface area (Å²) in [5, 5.41) is 12.1. The molecule has 3 aromatic rings. The van der Waals surface area contributed by atoms with Gasteiger partial charge in [0.05, 0.1) is 18.6 Å². The Hall–Kier alpha value is -2.65. The summed E-state index contributed by atoms with van der Waals surface area (Å²) in [6.07, 6.45) is 1.36. The number of ketones is 1. The minimum atomic E-state index is -0.0584. The third-order valence-corrected chi connectivity index (χ3v) is 5.92. The van der Waals surface area contributed by atoms with Crippen LogP contribution in [0, 0.1) is 0 Å². The zero-order chi connectivity index (χ0) is 22.2. The van der Waals surface area contributed by atoms with Crippen LogP contribution >= 0.6 is 27.7 Å². The molecule has 31 heavy (non-hydrogen) atoms. The molecule has 0 fully saturated rings. The Morgan fingerprint density at radius 3 is 2.65 bits per heavy atom. The predicted molar refractivity (Wildman–Crippen MR) is 124 cm³/mol. The Bertz CT molecular complexity index is 1050. The SMILES string of the molecule is COc1cccc(-n2c(CCCNC(C)=O)nnc2SCC(=O)c2ccc(Br)cc2)c1. The first-order valence-corrected chi connectivity index (χ1v) is 11.5. The van der Waals surface area contributed by atoms with Crippen LogP contribution in [0.5, 0.6) is 5.75 Å². The number of methoxy groups -OCH3 is 1. The lowest BCUT2D eigenvalue weighted by atomic mass is 10.2. The third-order valence-electron chi connectivity index (χ3n) is 4.46. The van der Waals surface area contributed by atoms with Crippen LogP contribution in [-0.4, -0.2) is 45.9 Å². The lowest BCUT2D eigenvalue weighted by molar-refractivity contribution is -0.118. The standard InChI is InChI=1S/C22H23BrN4O3S/c1-15(28)24-12-4-7-21-25-26-22(27(21)18-5-3-6-19(13-18)30-2)31-14-20(29)16-8-10-17(23)11-9-16/h3,5-6,8-11,13H,4,7,12,14H2,1-2H3,(H,24,28). The van der Waals surface area contributed by atoms with E-state index in [1.54, 1.807) is 19.2 Å². The molecule has 0 saturated carbocycles. The van der Waals surface area contributed by atoms with Crippen molar-refractivity contribution in [2.75, 3.05) is 19.4 Å². The molecule has 1 N–H and O–H groups in total. The molecule has 0 spiro atoms. The van der Waals surface area contributed by atoms with Gasteiger partial charge in [-0.1, -0.05) is 45.9 Å². The quantitative estimate of drug-likeness (QED) is 0.255. The second-order valence-electron chi connectivity index (χ2n) is 6.74. The van der Waals surface area contributed by atoms with Crippen molar-refractivity contribution in [1.82, 2.24) is 20.1 Å². The summed E-state index contributed by atoms with van der Waals surface area (Å²) in [7, 11) is 1.62. The summed E-state index contributed by atoms with van der Waals surface area (Å²) in [6, 6.07) is 14.9. The first kappa shape index (κ1) is 23.0. The first-order chi connectivity index (χ1) is 15.0. The molecule has 0 atom stereocenters. The molecule has 3 rings (SSSR count). The van der Waals surface area contributed by atoms with E-state index in [1.165, 1.54) is 18.7 Å². The van der Waals surface area contributed by atoms with Gasteiger partial charge >= 0.3 is 0 Å². The molecule has 0 aliphatic rings. The van der Waals surface area contributed by atoms with Crippen molar-refractivity contribution in [3.63, 3.8) is 0 Å². The van der Waals surface area contributed by atoms with Crippen molar-refractivity contribution in [3.05, 3.63) is 64.4 Å². The van der Waals surface area contributed by atoms with Gasteiger partial charge in [-0.25, -0.2) is 0 Å². The maximum Gasteiger partial charge on any atom is 0.216 e. The molecule has 0 aliphatic heterocycles. The number of hydrogen-bond acceptors (Lipinski definition) is 6. The van der Waals surface area contributed by atoms with E-state index in [2.05, 4.69) is 31.4 Å². The zero-order valence-corrected chi connectivity index (χ0v) is 19.7. The lowest BCUT2D eigenvalue weighted by Gasteiger charge is -2.11. The number of hydrogen-bond donors (Lipinski definition) is 1. The smallest absolute Gasteiger partial charge is 0.216 e. The average Bonchev–Trinajstić information content (AvgIpc) is 3.18. The summed E-state index contributed by atoms with van der Waals surface area (Å²) in [6.45, 7) is 2.06. The number of carbonyl (C=O) groups is 2. The number of nitrogens with one attached hydrogen (secondary N) is 1. The van der Waals surface area contributed by atoms with Crippen LogP contribution in [0.25, 0.3) is 5.69 Å². The molecule has 0 bridgehead atoms. The number of thioether (sulfide) groups is 1. The topological polar surface area (TPSA) is 86.1 Å². The molecule has 9 heteroatoms. The molecule has 0 radical (unpaired) electrons. The van der Waals surface area contributed by atoms with Crippen molar-refractivity contribution >= 4 is 39.4 Å². The largest absolute Gasteiger partial charge is 0.497 e. The Kier molecular flexibility index (Phi) is 8.25. The first-order valence-electron chi connectivity index (χ1n) is 9.72. The average molecular weight is 503 g/mol. The number of benzene rings is 2. The zero-order valence-electron chi connectivity index (χ0n) is 17.3. The third kappa shape index (κ3) is 6.41. The minimum absolute atomic E-state index is 0.0184. The van der Waals surface area contributed by atoms with Gasteiger partial charge in [0.1, 0.15) is 11.6 Å². The van der Waals surface area contributed by atoms with Crippen molar-refractivity contribution in [3.8, 4) is 11.4 Å². The van der Waals surface area contributed by atoms with Crippen molar-refractivity contribution in [2.45, 2.75) is 24.9 Å². The van der Waals surface area contributed by atoms with E-state index in [0.717, 1.165) is 28.2 Å². The van der Waals surface area contributed by atoms with Crippen LogP contribution < -0.4 is 10.1 Å². The number of nitrogens with zero attached hydrogens (tertiary/aromatic N) is 3. The van der Waals surface area contributed by atoms with Gasteiger partial charge in [0.2, 0.25) is 5.91 Å². The number of carbonyl (C=O) groups excluding carboxylic acids is 2. The second-order valence-corrected chi connectivity index (χ2v) is 8.60. The summed E-state index contributed by atoms with van der Waals surface area (Å²) in [4.78, 5) is 23.7. The molecule has 0 saturated heterocycles. The molecular weight excluding hydrogens is 480 g/mol. The summed E-state index contributed by atoms with van der Waals surface area (Å²) in [5.41, 5.74) is 1.51. The van der Waals surface area contributed by atoms with Gasteiger partial charge in [0.15, 0.2) is 10.9 Å². The van der Waals surface area contributed by atoms with Crippen LogP contribution in [-0.2, 0) is 11.2 Å². The summed E-state index contributed by atoms with van der Waals surface area (Å²) < 4.78 is 8.23. The van der Waals surface area contributed by atoms with E-state index in [-0.39, 0.29) is 17.4 Å². The number of amides is 1. The number of aryl methyl sites for hydroxylation is 1. The number of halogens is 1. The fourth-order valence-electron chi connectivity index (χ4n) is 2.92. The van der Waals surface area contributed by atoms with Crippen LogP contribution in [0.2, 0.25) is 0 Å². The number of Topliss-reactive ketones (excluding diaryl/α,β-unsaturated/α-hetero) is 1. The monoisotopic (exact) mass is 502 g/mol. The van der Waals surface area contributed by atoms with Gasteiger partial charge in [-0.3, -0.25) is 14.2 Å². The van der Waals surface area contributed by atoms with Crippen LogP contribution in [0.4, 0.5) is 0 Å². The second kappa shape index (κ2) is 11.1. The van der Waals surface area contributed by atoms with Gasteiger partial charge in [0, 0.05) is 36.0 Å². The highest BCUT2D eigenvalue weighted by molar-refractivity contribution is 9.10. The van der Waals surface area contributed by atoms with Crippen molar-refractivity contribution in [2.24, 2.45) is 0 Å². The van der Waals surface area contributed by atoms with E-state index >= 15 is 0 Å². The van der Waals surface area contributed by atoms with Gasteiger partial charge < -0.3 is 10.1 Å². The van der Waals surface area contributed by atoms with E-state index in [4.69, 9.17) is 4.74 Å². The summed E-state index contributed by atoms with van der Waals surface area (Å²) >= 11 is 4.73. The molecule has 162 valence electrons. The number of aromatic nitrogens is 3. The molecule has 1 heterocycles. The fraction of sp³-hybridized carbons (Fsp3) is 0.273. The van der Waals surface area contributed by atoms with Crippen molar-refractivity contribution < 1.29 is 14.3 Å². The summed E-state index contributed by atoms with van der Waals surface area (Å²) in [5.74, 6) is 1.69. The Balaban J connectivity index is 1.80. The van der Waals surface area contributed by atoms with Gasteiger partial charge in [-0.2, -0.15) is 0 Å². The Labute approximate surface area is 193 Å². The highest BCUT2D eigenvalue weighted by atomic mass is 79.9. The van der Waals surface area contributed by atoms with Crippen LogP contribution in [0.1, 0.15) is 29.5 Å². The van der Waals surface area contributed by atoms with Gasteiger partial charge in [-0.15, -0.1) is 10.2 Å². The molecule has 0 unspecified atom stereocenters. The number of rotatable bonds is 10. The Morgan fingerprint density at radius 1 is 1.16 bits per heavy atom. The number of ether oxygens (including phenoxy) is 1. The molecule has 1 amide bonds. The van der Waals surface area contributed by atoms with E-state index in [9.17, 15) is 9.59 Å². The maximum absolute atomic E-state index is 12.6. The minimum Gasteiger partial charge on any atom is -0.497 e. The molecular formula is C22H23BrN4O3S. The fourth-order valence-corrected chi connectivity index (χ4v) is 4.05. The van der Waals surface area contributed by atoms with Crippen LogP contribution in [0.3, 0.4) is 0 Å². The van der Waals surface area contributed by atoms with Gasteiger partial charge in [-0.05, 0) is 30.7 Å². The van der Waals surface area contributed by atoms with Gasteiger partial charge in [0.25, 0.3) is 0 Å². The molecule has 7 nitrogen and oxygen atoms in total. The normalized spacial score (nSPS) is 10.7. The maximum atomic E-state index is 12.6. The Morgan fingerprint density at radius 2 is 1.94 bits per heavy atom. The molecule has 0 aliphatic carbocycles. The lowest BCUT2D eigenvalue weighted by Crippen LogP contribution is -2.21. The van der Waals surface area contributed by atoms with E-state index in [1.807, 2.05) is 41.0 Å². The highest BCUT2D eigenvalue weighted by Gasteiger charge is 2.17. The van der Waals surface area contributed by atoms with Crippen LogP contribution in [0.15, 0.2) is 58.2 Å². The van der Waals surface area contributed by atoms with E-state index < -0.39 is 0 Å². The predicted octanol–water partition coefficient (Wildman–Crippen LogP) is 4.08. The molecule has 2 aromatic carbocycles.